The molecule has 3 heterocycles. The Labute approximate surface area is 201 Å². The lowest BCUT2D eigenvalue weighted by atomic mass is 9.74. The van der Waals surface area contributed by atoms with Crippen molar-refractivity contribution in [2.45, 2.75) is 29.9 Å². The molecule has 3 aromatic rings. The topological polar surface area (TPSA) is 82.9 Å². The van der Waals surface area contributed by atoms with E-state index < -0.39 is 10.4 Å². The lowest BCUT2D eigenvalue weighted by molar-refractivity contribution is 0.198. The van der Waals surface area contributed by atoms with Crippen molar-refractivity contribution in [1.29, 1.82) is 0 Å². The van der Waals surface area contributed by atoms with Crippen LogP contribution in [0.3, 0.4) is 0 Å². The van der Waals surface area contributed by atoms with Crippen molar-refractivity contribution < 1.29 is 18.2 Å². The largest absolute Gasteiger partial charge is 0.587 e. The lowest BCUT2D eigenvalue weighted by Crippen LogP contribution is -2.46. The Balaban J connectivity index is 1.58. The van der Waals surface area contributed by atoms with E-state index in [0.29, 0.717) is 30.3 Å². The third kappa shape index (κ3) is 3.97. The number of nitrogens with zero attached hydrogens (tertiary/aromatic N) is 4. The van der Waals surface area contributed by atoms with E-state index >= 15 is 0 Å². The first kappa shape index (κ1) is 22.9. The van der Waals surface area contributed by atoms with Crippen molar-refractivity contribution >= 4 is 16.1 Å². The number of hydrogen-bond acceptors (Lipinski definition) is 6. The number of aromatic nitrogens is 2. The Hall–Kier alpha value is -2.88. The minimum Gasteiger partial charge on any atom is -0.587 e. The van der Waals surface area contributed by atoms with Crippen LogP contribution < -0.4 is 13.8 Å². The van der Waals surface area contributed by atoms with Crippen LogP contribution in [0.1, 0.15) is 24.0 Å². The highest BCUT2D eigenvalue weighted by molar-refractivity contribution is 7.98. The molecule has 1 fully saturated rings. The van der Waals surface area contributed by atoms with Gasteiger partial charge in [0, 0.05) is 18.5 Å². The standard InChI is InChI=1S/C25H30N4O4S/c1-27-11-9-25(10-12-27)17-29(34(30,31)24-15-28(2)18-26-24)21-14-23(22(32-3)13-20(21)25)33-16-19-7-5-4-6-8-19/h4-8,13-15,18H,9-12,16-17H2,1-3H3. The average Bonchev–Trinajstić information content (AvgIpc) is 3.42. The Bertz CT molecular complexity index is 1220. The molecule has 5 rings (SSSR count). The zero-order chi connectivity index (χ0) is 23.9. The summed E-state index contributed by atoms with van der Waals surface area (Å²) in [6.07, 6.45) is 4.80. The van der Waals surface area contributed by atoms with Gasteiger partial charge in [0.05, 0.1) is 31.9 Å². The Kier molecular flexibility index (Phi) is 5.87. The minimum absolute atomic E-state index is 0.0495. The maximum atomic E-state index is 13.7. The fourth-order valence-corrected chi connectivity index (χ4v) is 6.49. The summed E-state index contributed by atoms with van der Waals surface area (Å²) in [4.78, 5) is 6.44. The molecule has 2 aliphatic heterocycles. The highest BCUT2D eigenvalue weighted by Crippen LogP contribution is 2.52. The molecule has 0 amide bonds. The number of ether oxygens (including phenoxy) is 2. The number of methoxy groups -OCH3 is 1. The monoisotopic (exact) mass is 482 g/mol. The van der Waals surface area contributed by atoms with Crippen molar-refractivity contribution in [3.63, 3.8) is 0 Å². The van der Waals surface area contributed by atoms with Gasteiger partial charge < -0.3 is 23.5 Å². The molecule has 0 bridgehead atoms. The number of aryl methyl sites for hydroxylation is 1. The number of likely N-dealkylation sites (tertiary alicyclic amines) is 1. The number of anilines is 1. The predicted octanol–water partition coefficient (Wildman–Crippen LogP) is 3.40. The Morgan fingerprint density at radius 1 is 1.12 bits per heavy atom. The normalized spacial score (nSPS) is 19.1. The SMILES string of the molecule is COc1cc2c(cc1OCc1ccccc1)N([S+](=O)([O-])c1cn(C)cn1)CC21CCN(C)CC1. The molecule has 34 heavy (non-hydrogen) atoms. The van der Waals surface area contributed by atoms with Gasteiger partial charge in [0.1, 0.15) is 6.61 Å². The zero-order valence-electron chi connectivity index (χ0n) is 19.8. The summed E-state index contributed by atoms with van der Waals surface area (Å²) < 4.78 is 42.4. The van der Waals surface area contributed by atoms with E-state index in [1.165, 1.54) is 10.6 Å². The summed E-state index contributed by atoms with van der Waals surface area (Å²) >= 11 is 0. The fourth-order valence-electron chi connectivity index (χ4n) is 4.96. The molecule has 8 nitrogen and oxygen atoms in total. The van der Waals surface area contributed by atoms with Gasteiger partial charge in [-0.05, 0) is 50.2 Å². The fraction of sp³-hybridized carbons (Fsp3) is 0.400. The van der Waals surface area contributed by atoms with Crippen LogP contribution in [0.25, 0.3) is 0 Å². The van der Waals surface area contributed by atoms with Crippen LogP contribution in [0, 0.1) is 0 Å². The van der Waals surface area contributed by atoms with Gasteiger partial charge in [-0.2, -0.15) is 9.29 Å². The van der Waals surface area contributed by atoms with Gasteiger partial charge in [-0.3, -0.25) is 0 Å². The summed E-state index contributed by atoms with van der Waals surface area (Å²) in [5.74, 6) is 1.14. The Morgan fingerprint density at radius 2 is 1.85 bits per heavy atom. The molecule has 1 spiro atoms. The maximum Gasteiger partial charge on any atom is 0.290 e. The van der Waals surface area contributed by atoms with Crippen LogP contribution >= 0.6 is 0 Å². The van der Waals surface area contributed by atoms with Gasteiger partial charge >= 0.3 is 0 Å². The van der Waals surface area contributed by atoms with Gasteiger partial charge in [0.15, 0.2) is 11.5 Å². The third-order valence-corrected chi connectivity index (χ3v) is 8.63. The summed E-state index contributed by atoms with van der Waals surface area (Å²) in [6, 6.07) is 13.7. The van der Waals surface area contributed by atoms with Crippen molar-refractivity contribution in [2.24, 2.45) is 7.05 Å². The molecule has 1 saturated heterocycles. The number of imidazole rings is 1. The number of sulfonamides is 1. The second-order valence-corrected chi connectivity index (χ2v) is 11.1. The molecule has 0 saturated carbocycles. The van der Waals surface area contributed by atoms with Gasteiger partial charge in [-0.25, -0.2) is 0 Å². The van der Waals surface area contributed by atoms with Gasteiger partial charge in [-0.1, -0.05) is 34.5 Å². The Morgan fingerprint density at radius 3 is 2.50 bits per heavy atom. The van der Waals surface area contributed by atoms with E-state index in [0.717, 1.165) is 37.1 Å². The van der Waals surface area contributed by atoms with Gasteiger partial charge in [0.25, 0.3) is 5.03 Å². The van der Waals surface area contributed by atoms with Crippen LogP contribution in [0.4, 0.5) is 5.69 Å². The van der Waals surface area contributed by atoms with Crippen LogP contribution in [0.5, 0.6) is 11.5 Å². The highest BCUT2D eigenvalue weighted by atomic mass is 32.3. The molecule has 9 heteroatoms. The minimum atomic E-state index is -3.83. The first-order chi connectivity index (χ1) is 16.3. The van der Waals surface area contributed by atoms with Gasteiger partial charge in [0.2, 0.25) is 10.4 Å². The van der Waals surface area contributed by atoms with E-state index in [1.807, 2.05) is 42.5 Å². The van der Waals surface area contributed by atoms with Crippen LogP contribution in [-0.4, -0.2) is 52.8 Å². The van der Waals surface area contributed by atoms with Crippen molar-refractivity contribution in [3.8, 4) is 11.5 Å². The molecular weight excluding hydrogens is 452 g/mol. The smallest absolute Gasteiger partial charge is 0.290 e. The van der Waals surface area contributed by atoms with E-state index in [4.69, 9.17) is 9.47 Å². The quantitative estimate of drug-likeness (QED) is 0.501. The first-order valence-corrected chi connectivity index (χ1v) is 12.8. The molecule has 1 unspecified atom stereocenters. The average molecular weight is 483 g/mol. The van der Waals surface area contributed by atoms with Crippen molar-refractivity contribution in [3.05, 3.63) is 66.1 Å². The molecule has 1 aromatic heterocycles. The molecule has 0 radical (unpaired) electrons. The van der Waals surface area contributed by atoms with Crippen molar-refractivity contribution in [2.75, 3.05) is 38.1 Å². The molecule has 2 aliphatic rings. The van der Waals surface area contributed by atoms with E-state index in [1.54, 1.807) is 24.9 Å². The van der Waals surface area contributed by atoms with Crippen molar-refractivity contribution in [1.82, 2.24) is 14.5 Å². The molecule has 2 aromatic carbocycles. The maximum absolute atomic E-state index is 13.7. The number of piperidine rings is 1. The van der Waals surface area contributed by atoms with E-state index in [2.05, 4.69) is 16.9 Å². The number of rotatable bonds is 6. The highest BCUT2D eigenvalue weighted by Gasteiger charge is 2.51. The second-order valence-electron chi connectivity index (χ2n) is 9.27. The van der Waals surface area contributed by atoms with E-state index in [9.17, 15) is 8.76 Å². The van der Waals surface area contributed by atoms with Crippen LogP contribution in [-0.2, 0) is 33.7 Å². The molecule has 1 atom stereocenters. The van der Waals surface area contributed by atoms with Crippen LogP contribution in [0.2, 0.25) is 0 Å². The zero-order valence-corrected chi connectivity index (χ0v) is 20.6. The summed E-state index contributed by atoms with van der Waals surface area (Å²) in [7, 11) is 1.66. The van der Waals surface area contributed by atoms with E-state index in [-0.39, 0.29) is 10.4 Å². The number of fused-ring (bicyclic) bond motifs is 2. The van der Waals surface area contributed by atoms with Crippen LogP contribution in [0.15, 0.2) is 60.0 Å². The first-order valence-electron chi connectivity index (χ1n) is 11.4. The molecule has 180 valence electrons. The van der Waals surface area contributed by atoms with Gasteiger partial charge in [-0.15, -0.1) is 0 Å². The lowest BCUT2D eigenvalue weighted by Gasteiger charge is -2.38. The number of hydrogen-bond donors (Lipinski definition) is 0. The number of benzene rings is 2. The summed E-state index contributed by atoms with van der Waals surface area (Å²) in [5, 5.41) is 0.0495. The summed E-state index contributed by atoms with van der Waals surface area (Å²) in [6.45, 7) is 2.57. The predicted molar refractivity (Wildman–Crippen MR) is 130 cm³/mol. The molecule has 0 aliphatic carbocycles. The molecule has 0 N–H and O–H groups in total. The molecular formula is C25H30N4O4S. The second kappa shape index (κ2) is 8.72. The summed E-state index contributed by atoms with van der Waals surface area (Å²) in [5.41, 5.74) is 2.41. The third-order valence-electron chi connectivity index (χ3n) is 6.99.